The van der Waals surface area contributed by atoms with Crippen LogP contribution in [0.3, 0.4) is 0 Å². The predicted molar refractivity (Wildman–Crippen MR) is 122 cm³/mol. The first-order valence-electron chi connectivity index (χ1n) is 11.0. The van der Waals surface area contributed by atoms with Gasteiger partial charge in [0.1, 0.15) is 11.5 Å². The quantitative estimate of drug-likeness (QED) is 0.192. The number of hydrogen-bond donors (Lipinski definition) is 0. The van der Waals surface area contributed by atoms with Crippen LogP contribution >= 0.6 is 0 Å². The molecule has 0 saturated carbocycles. The van der Waals surface area contributed by atoms with Crippen LogP contribution in [0.4, 0.5) is 9.59 Å². The fourth-order valence-corrected chi connectivity index (χ4v) is 2.58. The fraction of sp³-hybridized carbons (Fsp3) is 0.333. The van der Waals surface area contributed by atoms with Gasteiger partial charge in [0.25, 0.3) is 0 Å². The maximum absolute atomic E-state index is 11.7. The van der Waals surface area contributed by atoms with Gasteiger partial charge < -0.3 is 18.9 Å². The maximum atomic E-state index is 11.7. The molecule has 2 aromatic carbocycles. The Hall–Kier alpha value is -4.56. The summed E-state index contributed by atoms with van der Waals surface area (Å²) >= 11 is 0. The molecule has 0 N–H and O–H groups in total. The van der Waals surface area contributed by atoms with Gasteiger partial charge in [-0.3, -0.25) is 9.78 Å². The summed E-state index contributed by atoms with van der Waals surface area (Å²) in [6.45, 7) is 1.71. The highest BCUT2D eigenvalue weighted by Crippen LogP contribution is 2.14. The van der Waals surface area contributed by atoms with E-state index in [2.05, 4.69) is 29.6 Å². The molecule has 0 heterocycles. The molecular formula is C24H26O14. The van der Waals surface area contributed by atoms with Crippen molar-refractivity contribution in [2.75, 3.05) is 27.4 Å². The molecule has 0 atom stereocenters. The summed E-state index contributed by atoms with van der Waals surface area (Å²) in [5.74, 6) is -0.748. The summed E-state index contributed by atoms with van der Waals surface area (Å²) in [5.41, 5.74) is 0.285. The van der Waals surface area contributed by atoms with Crippen molar-refractivity contribution in [1.29, 1.82) is 0 Å². The number of carbonyl (C=O) groups excluding carboxylic acids is 4. The summed E-state index contributed by atoms with van der Waals surface area (Å²) in [7, 11) is 2.95. The minimum atomic E-state index is -1.22. The second kappa shape index (κ2) is 16.2. The van der Waals surface area contributed by atoms with E-state index in [-0.39, 0.29) is 30.3 Å². The Morgan fingerprint density at radius 2 is 0.974 bits per heavy atom. The highest BCUT2D eigenvalue weighted by atomic mass is 17.5. The monoisotopic (exact) mass is 538 g/mol. The molecule has 38 heavy (non-hydrogen) atoms. The third-order valence-electron chi connectivity index (χ3n) is 4.74. The van der Waals surface area contributed by atoms with E-state index < -0.39 is 24.2 Å². The smallest absolute Gasteiger partial charge is 0.497 e. The lowest BCUT2D eigenvalue weighted by atomic mass is 10.1. The van der Waals surface area contributed by atoms with Gasteiger partial charge in [-0.1, -0.05) is 6.92 Å². The van der Waals surface area contributed by atoms with E-state index in [0.29, 0.717) is 24.3 Å². The van der Waals surface area contributed by atoms with Crippen molar-refractivity contribution in [1.82, 2.24) is 0 Å². The van der Waals surface area contributed by atoms with Gasteiger partial charge in [0, 0.05) is 0 Å². The number of ether oxygens (including phenoxy) is 4. The molecule has 0 bridgehead atoms. The molecule has 206 valence electrons. The highest BCUT2D eigenvalue weighted by Gasteiger charge is 2.15. The van der Waals surface area contributed by atoms with Crippen LogP contribution in [0.1, 0.15) is 40.5 Å². The standard InChI is InChI=1S/C24H26O14/c1-16(12-14-31-23(27)35-37-33-21(25)17-4-8-19(29-2)9-5-17)13-15-32-24(28)36-38-34-22(26)18-6-10-20(30-3)11-7-18/h4-11,16H,12-15H2,1-3H3. The van der Waals surface area contributed by atoms with Crippen LogP contribution in [0.5, 0.6) is 11.5 Å². The molecule has 2 aromatic rings. The van der Waals surface area contributed by atoms with Crippen molar-refractivity contribution in [2.45, 2.75) is 19.8 Å². The normalized spacial score (nSPS) is 10.2. The molecule has 0 unspecified atom stereocenters. The molecule has 0 aliphatic rings. The second-order valence-electron chi connectivity index (χ2n) is 7.38. The first kappa shape index (κ1) is 29.7. The van der Waals surface area contributed by atoms with Crippen molar-refractivity contribution in [3.05, 3.63) is 59.7 Å². The van der Waals surface area contributed by atoms with Crippen LogP contribution < -0.4 is 9.47 Å². The largest absolute Gasteiger partial charge is 0.543 e. The van der Waals surface area contributed by atoms with Crippen LogP contribution in [0.15, 0.2) is 48.5 Å². The molecule has 0 amide bonds. The summed E-state index contributed by atoms with van der Waals surface area (Å²) in [5, 5.41) is 8.25. The minimum Gasteiger partial charge on any atom is -0.497 e. The number of hydrogen-bond acceptors (Lipinski definition) is 14. The molecule has 0 saturated heterocycles. The van der Waals surface area contributed by atoms with Gasteiger partial charge in [0.2, 0.25) is 0 Å². The average molecular weight is 538 g/mol. The SMILES string of the molecule is COc1ccc(C(=O)OOOC(=O)OCCC(C)CCOC(=O)OOOC(=O)c2ccc(OC)cc2)cc1. The van der Waals surface area contributed by atoms with Gasteiger partial charge >= 0.3 is 24.2 Å². The zero-order valence-corrected chi connectivity index (χ0v) is 20.7. The Morgan fingerprint density at radius 1 is 0.605 bits per heavy atom. The average Bonchev–Trinajstić information content (AvgIpc) is 2.93. The molecule has 0 radical (unpaired) electrons. The molecule has 0 aromatic heterocycles. The summed E-state index contributed by atoms with van der Waals surface area (Å²) in [6.07, 6.45) is -1.67. The van der Waals surface area contributed by atoms with Gasteiger partial charge in [-0.15, -0.1) is 0 Å². The van der Waals surface area contributed by atoms with Gasteiger partial charge in [0.05, 0.1) is 48.6 Å². The summed E-state index contributed by atoms with van der Waals surface area (Å²) in [4.78, 5) is 63.5. The van der Waals surface area contributed by atoms with E-state index in [0.717, 1.165) is 0 Å². The van der Waals surface area contributed by atoms with Crippen LogP contribution in [-0.4, -0.2) is 51.7 Å². The van der Waals surface area contributed by atoms with Crippen LogP contribution in [0.25, 0.3) is 0 Å². The lowest BCUT2D eigenvalue weighted by molar-refractivity contribution is -0.452. The Kier molecular flexibility index (Phi) is 12.7. The zero-order chi connectivity index (χ0) is 27.8. The number of rotatable bonds is 14. The molecule has 14 nitrogen and oxygen atoms in total. The van der Waals surface area contributed by atoms with Gasteiger partial charge in [-0.05, 0) is 67.3 Å². The van der Waals surface area contributed by atoms with E-state index in [1.54, 1.807) is 0 Å². The van der Waals surface area contributed by atoms with E-state index >= 15 is 0 Å². The van der Waals surface area contributed by atoms with Crippen LogP contribution in [0.2, 0.25) is 0 Å². The Labute approximate surface area is 216 Å². The van der Waals surface area contributed by atoms with Crippen molar-refractivity contribution in [3.8, 4) is 11.5 Å². The third kappa shape index (κ3) is 11.0. The highest BCUT2D eigenvalue weighted by molar-refractivity contribution is 5.89. The third-order valence-corrected chi connectivity index (χ3v) is 4.74. The molecule has 0 aliphatic carbocycles. The second-order valence-corrected chi connectivity index (χ2v) is 7.38. The number of carbonyl (C=O) groups is 4. The van der Waals surface area contributed by atoms with Crippen molar-refractivity contribution in [3.63, 3.8) is 0 Å². The molecule has 0 fully saturated rings. The van der Waals surface area contributed by atoms with Gasteiger partial charge in [-0.25, -0.2) is 29.0 Å². The van der Waals surface area contributed by atoms with Crippen molar-refractivity contribution < 1.29 is 67.8 Å². The van der Waals surface area contributed by atoms with E-state index in [1.807, 2.05) is 6.92 Å². The van der Waals surface area contributed by atoms with Crippen LogP contribution in [0, 0.1) is 5.92 Å². The number of benzene rings is 2. The topological polar surface area (TPSA) is 161 Å². The van der Waals surface area contributed by atoms with E-state index in [1.165, 1.54) is 62.8 Å². The first-order chi connectivity index (χ1) is 18.3. The molecule has 0 aliphatic heterocycles. The predicted octanol–water partition coefficient (Wildman–Crippen LogP) is 4.13. The molecule has 0 spiro atoms. The Morgan fingerprint density at radius 3 is 1.32 bits per heavy atom. The van der Waals surface area contributed by atoms with Gasteiger partial charge in [-0.2, -0.15) is 0 Å². The lowest BCUT2D eigenvalue weighted by Gasteiger charge is -2.11. The minimum absolute atomic E-state index is 0.0433. The van der Waals surface area contributed by atoms with E-state index in [9.17, 15) is 19.2 Å². The van der Waals surface area contributed by atoms with Crippen molar-refractivity contribution in [2.24, 2.45) is 5.92 Å². The first-order valence-corrected chi connectivity index (χ1v) is 11.0. The zero-order valence-electron chi connectivity index (χ0n) is 20.7. The number of methoxy groups -OCH3 is 2. The Balaban J connectivity index is 1.49. The maximum Gasteiger partial charge on any atom is 0.543 e. The van der Waals surface area contributed by atoms with Crippen LogP contribution in [-0.2, 0) is 39.1 Å². The Bertz CT molecular complexity index is 952. The molecule has 14 heteroatoms. The summed E-state index contributed by atoms with van der Waals surface area (Å²) in [6, 6.07) is 11.9. The fourth-order valence-electron chi connectivity index (χ4n) is 2.58. The molecule has 2 rings (SSSR count). The molecular weight excluding hydrogens is 512 g/mol. The lowest BCUT2D eigenvalue weighted by Crippen LogP contribution is -2.15. The van der Waals surface area contributed by atoms with Crippen molar-refractivity contribution >= 4 is 24.2 Å². The summed E-state index contributed by atoms with van der Waals surface area (Å²) < 4.78 is 19.5. The van der Waals surface area contributed by atoms with Gasteiger partial charge in [0.15, 0.2) is 0 Å². The van der Waals surface area contributed by atoms with E-state index in [4.69, 9.17) is 18.9 Å².